The summed E-state index contributed by atoms with van der Waals surface area (Å²) in [6.07, 6.45) is 3.47. The molecule has 3 atom stereocenters. The van der Waals surface area contributed by atoms with E-state index in [4.69, 9.17) is 23.2 Å². The van der Waals surface area contributed by atoms with Gasteiger partial charge >= 0.3 is 0 Å². The first-order chi connectivity index (χ1) is 5.14. The molecular formula is C8H10Cl2O. The summed E-state index contributed by atoms with van der Waals surface area (Å²) in [7, 11) is 0. The maximum Gasteiger partial charge on any atom is 0.139 e. The molecule has 0 aromatic heterocycles. The third-order valence-electron chi connectivity index (χ3n) is 2.88. The zero-order valence-electron chi connectivity index (χ0n) is 6.15. The van der Waals surface area contributed by atoms with Crippen LogP contribution in [0.25, 0.3) is 0 Å². The van der Waals surface area contributed by atoms with Crippen molar-refractivity contribution in [3.05, 3.63) is 0 Å². The van der Waals surface area contributed by atoms with Crippen molar-refractivity contribution >= 4 is 29.0 Å². The molecule has 0 aromatic carbocycles. The number of fused-ring (bicyclic) bond motifs is 1. The average Bonchev–Trinajstić information content (AvgIpc) is 1.95. The first-order valence-electron chi connectivity index (χ1n) is 4.00. The van der Waals surface area contributed by atoms with Crippen LogP contribution in [-0.2, 0) is 4.79 Å². The highest BCUT2D eigenvalue weighted by Crippen LogP contribution is 2.52. The van der Waals surface area contributed by atoms with Crippen LogP contribution in [-0.4, -0.2) is 16.0 Å². The van der Waals surface area contributed by atoms with Gasteiger partial charge in [0.2, 0.25) is 0 Å². The molecule has 3 heteroatoms. The number of hydrogen-bond donors (Lipinski definition) is 0. The molecule has 0 aromatic rings. The van der Waals surface area contributed by atoms with Gasteiger partial charge in [0.05, 0.1) is 10.3 Å². The molecule has 0 N–H and O–H groups in total. The first-order valence-corrected chi connectivity index (χ1v) is 4.82. The maximum atomic E-state index is 11.1. The molecule has 2 rings (SSSR count). The van der Waals surface area contributed by atoms with Gasteiger partial charge in [-0.3, -0.25) is 4.79 Å². The number of hydrogen-bond acceptors (Lipinski definition) is 1. The van der Waals surface area contributed by atoms with E-state index < -0.39 is 0 Å². The second kappa shape index (κ2) is 2.37. The van der Waals surface area contributed by atoms with Crippen LogP contribution in [0, 0.1) is 5.92 Å². The van der Waals surface area contributed by atoms with Gasteiger partial charge in [0.15, 0.2) is 0 Å². The lowest BCUT2D eigenvalue weighted by Crippen LogP contribution is -2.58. The van der Waals surface area contributed by atoms with Gasteiger partial charge in [-0.15, -0.1) is 23.2 Å². The van der Waals surface area contributed by atoms with Crippen molar-refractivity contribution < 1.29 is 4.79 Å². The van der Waals surface area contributed by atoms with Crippen molar-refractivity contribution in [2.24, 2.45) is 5.92 Å². The summed E-state index contributed by atoms with van der Waals surface area (Å²) in [5.41, 5.74) is 0. The molecule has 0 spiro atoms. The molecular weight excluding hydrogens is 183 g/mol. The van der Waals surface area contributed by atoms with E-state index in [0.29, 0.717) is 12.2 Å². The second-order valence-corrected chi connectivity index (χ2v) is 4.75. The molecule has 2 fully saturated rings. The van der Waals surface area contributed by atoms with E-state index in [1.54, 1.807) is 0 Å². The van der Waals surface area contributed by atoms with Crippen LogP contribution in [0.15, 0.2) is 0 Å². The largest absolute Gasteiger partial charge is 0.299 e. The number of halogens is 2. The van der Waals surface area contributed by atoms with Crippen molar-refractivity contribution in [2.75, 3.05) is 0 Å². The van der Waals surface area contributed by atoms with Crippen molar-refractivity contribution in [1.82, 2.24) is 0 Å². The van der Waals surface area contributed by atoms with Crippen molar-refractivity contribution in [2.45, 2.75) is 35.9 Å². The number of carbonyl (C=O) groups excluding carboxylic acids is 1. The molecule has 0 saturated heterocycles. The van der Waals surface area contributed by atoms with Crippen LogP contribution in [0.3, 0.4) is 0 Å². The van der Waals surface area contributed by atoms with E-state index in [-0.39, 0.29) is 16.2 Å². The maximum absolute atomic E-state index is 11.1. The summed E-state index contributed by atoms with van der Waals surface area (Å²) in [6, 6.07) is 0. The van der Waals surface area contributed by atoms with Crippen LogP contribution in [0.5, 0.6) is 0 Å². The minimum Gasteiger partial charge on any atom is -0.299 e. The standard InChI is InChI=1S/C8H10Cl2O/c9-7-3-1-2-5-6(11)4-8(5,7)10/h5,7H,1-4H2. The Morgan fingerprint density at radius 1 is 1.45 bits per heavy atom. The van der Waals surface area contributed by atoms with Gasteiger partial charge in [-0.05, 0) is 12.8 Å². The van der Waals surface area contributed by atoms with E-state index in [1.165, 1.54) is 0 Å². The molecule has 0 aliphatic heterocycles. The smallest absolute Gasteiger partial charge is 0.139 e. The lowest BCUT2D eigenvalue weighted by molar-refractivity contribution is -0.134. The summed E-state index contributed by atoms with van der Waals surface area (Å²) in [6.45, 7) is 0. The average molecular weight is 193 g/mol. The summed E-state index contributed by atoms with van der Waals surface area (Å²) in [5, 5.41) is 0.0145. The molecule has 1 nitrogen and oxygen atoms in total. The third-order valence-corrected chi connectivity index (χ3v) is 4.26. The fraction of sp³-hybridized carbons (Fsp3) is 0.875. The Labute approximate surface area is 76.1 Å². The molecule has 0 heterocycles. The zero-order valence-corrected chi connectivity index (χ0v) is 7.66. The number of ketones is 1. The highest BCUT2D eigenvalue weighted by Gasteiger charge is 2.57. The van der Waals surface area contributed by atoms with Crippen LogP contribution < -0.4 is 0 Å². The lowest BCUT2D eigenvalue weighted by atomic mass is 9.63. The number of Topliss-reactive ketones (excluding diaryl/α,β-unsaturated/α-hetero) is 1. The first kappa shape index (κ1) is 7.88. The number of rotatable bonds is 0. The highest BCUT2D eigenvalue weighted by atomic mass is 35.5. The van der Waals surface area contributed by atoms with E-state index in [9.17, 15) is 4.79 Å². The molecule has 0 bridgehead atoms. The Hall–Kier alpha value is 0.250. The molecule has 2 saturated carbocycles. The minimum absolute atomic E-state index is 0.0145. The molecule has 2 aliphatic rings. The van der Waals surface area contributed by atoms with Gasteiger partial charge in [-0.2, -0.15) is 0 Å². The molecule has 62 valence electrons. The van der Waals surface area contributed by atoms with Crippen molar-refractivity contribution in [1.29, 1.82) is 0 Å². The fourth-order valence-corrected chi connectivity index (χ4v) is 2.98. The summed E-state index contributed by atoms with van der Waals surface area (Å²) < 4.78 is 0. The Bertz CT molecular complexity index is 204. The Kier molecular flexibility index (Phi) is 1.69. The predicted octanol–water partition coefficient (Wildman–Crippen LogP) is 2.34. The Morgan fingerprint density at radius 2 is 2.18 bits per heavy atom. The normalized spacial score (nSPS) is 49.8. The molecule has 3 unspecified atom stereocenters. The summed E-state index contributed by atoms with van der Waals surface area (Å²) >= 11 is 12.2. The van der Waals surface area contributed by atoms with Gasteiger partial charge in [-0.25, -0.2) is 0 Å². The van der Waals surface area contributed by atoms with E-state index in [0.717, 1.165) is 19.3 Å². The van der Waals surface area contributed by atoms with Gasteiger partial charge in [0.1, 0.15) is 5.78 Å². The monoisotopic (exact) mass is 192 g/mol. The number of alkyl halides is 2. The third kappa shape index (κ3) is 0.940. The van der Waals surface area contributed by atoms with Gasteiger partial charge < -0.3 is 0 Å². The zero-order chi connectivity index (χ0) is 8.06. The Balaban J connectivity index is 2.19. The van der Waals surface area contributed by atoms with Crippen LogP contribution >= 0.6 is 23.2 Å². The topological polar surface area (TPSA) is 17.1 Å². The summed E-state index contributed by atoms with van der Waals surface area (Å²) in [5.74, 6) is 0.380. The molecule has 0 amide bonds. The van der Waals surface area contributed by atoms with Crippen molar-refractivity contribution in [3.63, 3.8) is 0 Å². The highest BCUT2D eigenvalue weighted by molar-refractivity contribution is 6.36. The van der Waals surface area contributed by atoms with Crippen LogP contribution in [0.4, 0.5) is 0 Å². The van der Waals surface area contributed by atoms with Gasteiger partial charge in [0.25, 0.3) is 0 Å². The molecule has 0 radical (unpaired) electrons. The second-order valence-electron chi connectivity index (χ2n) is 3.52. The van der Waals surface area contributed by atoms with E-state index >= 15 is 0 Å². The van der Waals surface area contributed by atoms with Crippen LogP contribution in [0.1, 0.15) is 25.7 Å². The molecule has 11 heavy (non-hydrogen) atoms. The quantitative estimate of drug-likeness (QED) is 0.539. The predicted molar refractivity (Wildman–Crippen MR) is 45.2 cm³/mol. The minimum atomic E-state index is -0.364. The van der Waals surface area contributed by atoms with Gasteiger partial charge in [-0.1, -0.05) is 6.42 Å². The van der Waals surface area contributed by atoms with E-state index in [1.807, 2.05) is 0 Å². The SMILES string of the molecule is O=C1CC2(Cl)C(Cl)CCCC12. The van der Waals surface area contributed by atoms with E-state index in [2.05, 4.69) is 0 Å². The van der Waals surface area contributed by atoms with Crippen molar-refractivity contribution in [3.8, 4) is 0 Å². The molecule has 2 aliphatic carbocycles. The van der Waals surface area contributed by atoms with Crippen LogP contribution in [0.2, 0.25) is 0 Å². The van der Waals surface area contributed by atoms with Gasteiger partial charge in [0, 0.05) is 12.3 Å². The fourth-order valence-electron chi connectivity index (χ4n) is 2.12. The Morgan fingerprint density at radius 3 is 2.73 bits per heavy atom. The lowest BCUT2D eigenvalue weighted by Gasteiger charge is -2.49. The summed E-state index contributed by atoms with van der Waals surface area (Å²) in [4.78, 5) is 10.7. The number of carbonyl (C=O) groups is 1.